The van der Waals surface area contributed by atoms with E-state index in [1.807, 2.05) is 13.0 Å². The predicted octanol–water partition coefficient (Wildman–Crippen LogP) is 5.29. The summed E-state index contributed by atoms with van der Waals surface area (Å²) in [6.45, 7) is 3.40. The minimum absolute atomic E-state index is 0.194. The molecular weight excluding hydrogens is 408 g/mol. The van der Waals surface area contributed by atoms with Gasteiger partial charge in [-0.2, -0.15) is 5.10 Å². The number of nitrogens with one attached hydrogen (secondary N) is 1. The Morgan fingerprint density at radius 1 is 1.28 bits per heavy atom. The second-order valence-corrected chi connectivity index (χ2v) is 8.95. The van der Waals surface area contributed by atoms with Crippen LogP contribution in [0.2, 0.25) is 5.02 Å². The molecule has 0 aliphatic heterocycles. The van der Waals surface area contributed by atoms with Gasteiger partial charge in [-0.15, -0.1) is 11.3 Å². The number of hydrogen-bond acceptors (Lipinski definition) is 4. The monoisotopic (exact) mass is 430 g/mol. The maximum atomic E-state index is 12.3. The van der Waals surface area contributed by atoms with Crippen LogP contribution in [0.3, 0.4) is 0 Å². The van der Waals surface area contributed by atoms with Gasteiger partial charge in [0.05, 0.1) is 22.4 Å². The van der Waals surface area contributed by atoms with E-state index in [0.29, 0.717) is 21.6 Å². The first-order valence-electron chi connectivity index (χ1n) is 9.75. The normalized spacial score (nSPS) is 15.0. The lowest BCUT2D eigenvalue weighted by atomic mass is 9.96. The first-order chi connectivity index (χ1) is 13.9. The number of aromatic nitrogens is 2. The van der Waals surface area contributed by atoms with E-state index in [1.165, 1.54) is 37.5 Å². The fourth-order valence-corrected chi connectivity index (χ4v) is 5.64. The van der Waals surface area contributed by atoms with E-state index in [2.05, 4.69) is 10.00 Å². The van der Waals surface area contributed by atoms with Crippen molar-refractivity contribution in [3.8, 4) is 11.1 Å². The molecule has 0 radical (unpaired) electrons. The van der Waals surface area contributed by atoms with Crippen LogP contribution in [0.15, 0.2) is 18.2 Å². The van der Waals surface area contributed by atoms with Crippen LogP contribution in [-0.4, -0.2) is 21.6 Å². The van der Waals surface area contributed by atoms with Crippen LogP contribution >= 0.6 is 22.9 Å². The lowest BCUT2D eigenvalue weighted by Crippen LogP contribution is -2.14. The largest absolute Gasteiger partial charge is 0.365 e. The van der Waals surface area contributed by atoms with Crippen LogP contribution in [0, 0.1) is 6.92 Å². The summed E-state index contributed by atoms with van der Waals surface area (Å²) in [6.07, 6.45) is 5.87. The van der Waals surface area contributed by atoms with E-state index in [1.54, 1.807) is 12.1 Å². The molecule has 1 aliphatic carbocycles. The number of rotatable bonds is 4. The molecule has 0 spiro atoms. The van der Waals surface area contributed by atoms with Gasteiger partial charge in [-0.3, -0.25) is 14.3 Å². The first kappa shape index (κ1) is 19.9. The Labute approximate surface area is 178 Å². The third kappa shape index (κ3) is 3.65. The van der Waals surface area contributed by atoms with E-state index in [0.717, 1.165) is 39.9 Å². The van der Waals surface area contributed by atoms with Crippen molar-refractivity contribution in [2.45, 2.75) is 52.0 Å². The van der Waals surface area contributed by atoms with Crippen LogP contribution in [-0.2, 0) is 4.79 Å². The van der Waals surface area contributed by atoms with Crippen molar-refractivity contribution in [3.05, 3.63) is 33.8 Å². The molecule has 2 amide bonds. The quantitative estimate of drug-likeness (QED) is 0.589. The number of primary amides is 1. The average molecular weight is 431 g/mol. The number of fused-ring (bicyclic) bond motifs is 1. The van der Waals surface area contributed by atoms with Gasteiger partial charge in [-0.1, -0.05) is 36.9 Å². The summed E-state index contributed by atoms with van der Waals surface area (Å²) in [5, 5.41) is 8.89. The number of thiophene rings is 1. The van der Waals surface area contributed by atoms with Gasteiger partial charge in [0.1, 0.15) is 9.71 Å². The topological polar surface area (TPSA) is 90.0 Å². The number of carbonyl (C=O) groups excluding carboxylic acids is 2. The standard InChI is InChI=1S/C21H23ClN4O2S/c1-11-17-18(13-8-9-16(15(22)10-13)24-12(2)27)19(20(23)28)29-21(17)26(25-11)14-6-4-3-5-7-14/h8-10,14H,3-7H2,1-2H3,(H2,23,28)(H,24,27). The third-order valence-electron chi connectivity index (χ3n) is 5.43. The number of nitrogens with two attached hydrogens (primary N) is 1. The molecule has 8 heteroatoms. The van der Waals surface area contributed by atoms with Gasteiger partial charge in [0.15, 0.2) is 0 Å². The second kappa shape index (κ2) is 7.80. The maximum Gasteiger partial charge on any atom is 0.259 e. The minimum atomic E-state index is -0.460. The number of hydrogen-bond donors (Lipinski definition) is 2. The van der Waals surface area contributed by atoms with E-state index in [4.69, 9.17) is 22.4 Å². The van der Waals surface area contributed by atoms with E-state index >= 15 is 0 Å². The summed E-state index contributed by atoms with van der Waals surface area (Å²) in [6, 6.07) is 5.72. The van der Waals surface area contributed by atoms with Crippen molar-refractivity contribution in [3.63, 3.8) is 0 Å². The Hall–Kier alpha value is -2.38. The fraction of sp³-hybridized carbons (Fsp3) is 0.381. The Kier molecular flexibility index (Phi) is 5.36. The highest BCUT2D eigenvalue weighted by Crippen LogP contribution is 2.44. The zero-order valence-corrected chi connectivity index (χ0v) is 18.0. The molecule has 4 rings (SSSR count). The fourth-order valence-electron chi connectivity index (χ4n) is 4.16. The minimum Gasteiger partial charge on any atom is -0.365 e. The molecule has 152 valence electrons. The smallest absolute Gasteiger partial charge is 0.259 e. The van der Waals surface area contributed by atoms with E-state index in [-0.39, 0.29) is 5.91 Å². The molecule has 3 aromatic rings. The molecule has 3 N–H and O–H groups in total. The molecule has 2 aromatic heterocycles. The number of halogens is 1. The number of benzene rings is 1. The van der Waals surface area contributed by atoms with Crippen LogP contribution in [0.5, 0.6) is 0 Å². The van der Waals surface area contributed by atoms with Crippen molar-refractivity contribution in [2.24, 2.45) is 5.73 Å². The molecule has 0 bridgehead atoms. The molecular formula is C21H23ClN4O2S. The summed E-state index contributed by atoms with van der Waals surface area (Å²) in [5.74, 6) is -0.655. The molecule has 0 saturated heterocycles. The lowest BCUT2D eigenvalue weighted by molar-refractivity contribution is -0.114. The SMILES string of the molecule is CC(=O)Nc1ccc(-c2c(C(N)=O)sc3c2c(C)nn3C2CCCCC2)cc1Cl. The second-order valence-electron chi connectivity index (χ2n) is 7.55. The van der Waals surface area contributed by atoms with Gasteiger partial charge >= 0.3 is 0 Å². The van der Waals surface area contributed by atoms with Crippen molar-refractivity contribution >= 4 is 50.7 Å². The molecule has 0 atom stereocenters. The number of amides is 2. The van der Waals surface area contributed by atoms with Crippen LogP contribution in [0.4, 0.5) is 5.69 Å². The van der Waals surface area contributed by atoms with Crippen LogP contribution < -0.4 is 11.1 Å². The summed E-state index contributed by atoms with van der Waals surface area (Å²) in [7, 11) is 0. The number of carbonyl (C=O) groups is 2. The lowest BCUT2D eigenvalue weighted by Gasteiger charge is -2.22. The summed E-state index contributed by atoms with van der Waals surface area (Å²) >= 11 is 7.79. The van der Waals surface area contributed by atoms with E-state index in [9.17, 15) is 9.59 Å². The molecule has 0 unspecified atom stereocenters. The Morgan fingerprint density at radius 2 is 2.00 bits per heavy atom. The van der Waals surface area contributed by atoms with Gasteiger partial charge in [-0.25, -0.2) is 0 Å². The Balaban J connectivity index is 1.88. The molecule has 1 fully saturated rings. The Bertz CT molecular complexity index is 1110. The number of aryl methyl sites for hydroxylation is 1. The van der Waals surface area contributed by atoms with Crippen LogP contribution in [0.1, 0.15) is 60.4 Å². The summed E-state index contributed by atoms with van der Waals surface area (Å²) in [4.78, 5) is 25.1. The van der Waals surface area contributed by atoms with Gasteiger partial charge in [0.2, 0.25) is 5.91 Å². The van der Waals surface area contributed by atoms with Gasteiger partial charge < -0.3 is 11.1 Å². The highest BCUT2D eigenvalue weighted by Gasteiger charge is 2.27. The predicted molar refractivity (Wildman–Crippen MR) is 118 cm³/mol. The zero-order valence-electron chi connectivity index (χ0n) is 16.4. The molecule has 1 aliphatic rings. The van der Waals surface area contributed by atoms with E-state index < -0.39 is 5.91 Å². The van der Waals surface area contributed by atoms with Crippen molar-refractivity contribution in [2.75, 3.05) is 5.32 Å². The molecule has 29 heavy (non-hydrogen) atoms. The Morgan fingerprint density at radius 3 is 2.62 bits per heavy atom. The van der Waals surface area contributed by atoms with Crippen molar-refractivity contribution < 1.29 is 9.59 Å². The highest BCUT2D eigenvalue weighted by molar-refractivity contribution is 7.21. The van der Waals surface area contributed by atoms with Crippen LogP contribution in [0.25, 0.3) is 21.3 Å². The number of anilines is 1. The van der Waals surface area contributed by atoms with Crippen molar-refractivity contribution in [1.82, 2.24) is 9.78 Å². The number of nitrogens with zero attached hydrogens (tertiary/aromatic N) is 2. The van der Waals surface area contributed by atoms with Crippen molar-refractivity contribution in [1.29, 1.82) is 0 Å². The van der Waals surface area contributed by atoms with Gasteiger partial charge in [0.25, 0.3) is 5.91 Å². The van der Waals surface area contributed by atoms with Gasteiger partial charge in [0, 0.05) is 17.9 Å². The first-order valence-corrected chi connectivity index (χ1v) is 10.9. The van der Waals surface area contributed by atoms with Gasteiger partial charge in [-0.05, 0) is 37.5 Å². The average Bonchev–Trinajstić information content (AvgIpc) is 3.22. The molecule has 6 nitrogen and oxygen atoms in total. The summed E-state index contributed by atoms with van der Waals surface area (Å²) < 4.78 is 2.09. The zero-order chi connectivity index (χ0) is 20.7. The third-order valence-corrected chi connectivity index (χ3v) is 6.94. The molecule has 1 aromatic carbocycles. The molecule has 1 saturated carbocycles. The molecule has 2 heterocycles. The highest BCUT2D eigenvalue weighted by atomic mass is 35.5. The summed E-state index contributed by atoms with van der Waals surface area (Å²) in [5.41, 5.74) is 8.71. The maximum absolute atomic E-state index is 12.3.